The van der Waals surface area contributed by atoms with Gasteiger partial charge < -0.3 is 4.98 Å². The van der Waals surface area contributed by atoms with E-state index in [2.05, 4.69) is 64.4 Å². The van der Waals surface area contributed by atoms with Crippen molar-refractivity contribution in [3.05, 3.63) is 51.1 Å². The second kappa shape index (κ2) is 8.77. The highest BCUT2D eigenvalue weighted by atomic mass is 16.1. The Balaban J connectivity index is 1.66. The van der Waals surface area contributed by atoms with E-state index in [9.17, 15) is 4.79 Å². The van der Waals surface area contributed by atoms with Gasteiger partial charge in [0.25, 0.3) is 5.56 Å². The highest BCUT2D eigenvalue weighted by molar-refractivity contribution is 5.83. The largest absolute Gasteiger partial charge is 0.321 e. The monoisotopic (exact) mass is 434 g/mol. The van der Waals surface area contributed by atoms with E-state index in [1.807, 2.05) is 4.68 Å². The number of piperidine rings is 1. The van der Waals surface area contributed by atoms with Crippen LogP contribution in [-0.4, -0.2) is 43.2 Å². The first-order chi connectivity index (χ1) is 15.5. The molecule has 2 fully saturated rings. The maximum atomic E-state index is 13.5. The van der Waals surface area contributed by atoms with Crippen LogP contribution in [0.5, 0.6) is 0 Å². The van der Waals surface area contributed by atoms with Crippen LogP contribution < -0.4 is 5.56 Å². The predicted molar refractivity (Wildman–Crippen MR) is 126 cm³/mol. The molecule has 1 aliphatic heterocycles. The number of pyridine rings is 1. The molecule has 1 N–H and O–H groups in total. The fourth-order valence-electron chi connectivity index (χ4n) is 5.83. The van der Waals surface area contributed by atoms with E-state index in [0.717, 1.165) is 60.2 Å². The van der Waals surface area contributed by atoms with Gasteiger partial charge in [-0.3, -0.25) is 9.69 Å². The van der Waals surface area contributed by atoms with Crippen molar-refractivity contribution in [2.75, 3.05) is 13.1 Å². The van der Waals surface area contributed by atoms with Gasteiger partial charge in [0.1, 0.15) is 6.04 Å². The Bertz CT molecular complexity index is 1160. The molecule has 2 aliphatic rings. The third-order valence-corrected chi connectivity index (χ3v) is 7.35. The molecule has 170 valence electrons. The summed E-state index contributed by atoms with van der Waals surface area (Å²) in [5, 5.41) is 14.1. The number of nitrogens with zero attached hydrogens (tertiary/aromatic N) is 5. The van der Waals surface area contributed by atoms with Gasteiger partial charge in [0, 0.05) is 12.1 Å². The number of likely N-dealkylation sites (tertiary alicyclic amines) is 1. The Morgan fingerprint density at radius 1 is 1.06 bits per heavy atom. The van der Waals surface area contributed by atoms with Crippen LogP contribution in [-0.2, 0) is 0 Å². The van der Waals surface area contributed by atoms with Crippen LogP contribution >= 0.6 is 0 Å². The molecule has 5 rings (SSSR count). The van der Waals surface area contributed by atoms with Crippen molar-refractivity contribution in [3.63, 3.8) is 0 Å². The molecular weight excluding hydrogens is 400 g/mol. The van der Waals surface area contributed by atoms with Crippen LogP contribution in [0.1, 0.15) is 86.5 Å². The Labute approximate surface area is 189 Å². The Hall–Kier alpha value is -2.54. The zero-order valence-electron chi connectivity index (χ0n) is 19.5. The van der Waals surface area contributed by atoms with Crippen LogP contribution in [0, 0.1) is 19.8 Å². The van der Waals surface area contributed by atoms with Gasteiger partial charge in [0.15, 0.2) is 5.82 Å². The lowest BCUT2D eigenvalue weighted by molar-refractivity contribution is 0.138. The minimum atomic E-state index is -0.233. The molecule has 2 atom stereocenters. The Kier molecular flexibility index (Phi) is 5.84. The molecule has 7 heteroatoms. The van der Waals surface area contributed by atoms with Gasteiger partial charge in [-0.1, -0.05) is 37.8 Å². The third-order valence-electron chi connectivity index (χ3n) is 7.35. The number of rotatable bonds is 4. The minimum Gasteiger partial charge on any atom is -0.321 e. The summed E-state index contributed by atoms with van der Waals surface area (Å²) in [6, 6.07) is 6.44. The van der Waals surface area contributed by atoms with Gasteiger partial charge >= 0.3 is 0 Å². The van der Waals surface area contributed by atoms with E-state index in [1.165, 1.54) is 31.2 Å². The normalized spacial score (nSPS) is 21.8. The first-order valence-electron chi connectivity index (χ1n) is 12.2. The van der Waals surface area contributed by atoms with Gasteiger partial charge in [-0.05, 0) is 85.5 Å². The molecule has 1 saturated carbocycles. The van der Waals surface area contributed by atoms with E-state index in [0.29, 0.717) is 12.0 Å². The third kappa shape index (κ3) is 3.98. The number of benzene rings is 1. The number of tetrazole rings is 1. The van der Waals surface area contributed by atoms with Crippen molar-refractivity contribution >= 4 is 10.9 Å². The number of hydrogen-bond acceptors (Lipinski definition) is 5. The van der Waals surface area contributed by atoms with Crippen LogP contribution in [0.25, 0.3) is 10.9 Å². The molecule has 32 heavy (non-hydrogen) atoms. The van der Waals surface area contributed by atoms with Crippen LogP contribution in [0.15, 0.2) is 23.0 Å². The van der Waals surface area contributed by atoms with Gasteiger partial charge in [-0.2, -0.15) is 0 Å². The maximum Gasteiger partial charge on any atom is 0.253 e. The van der Waals surface area contributed by atoms with Crippen molar-refractivity contribution in [1.29, 1.82) is 0 Å². The first kappa shape index (κ1) is 21.3. The topological polar surface area (TPSA) is 79.7 Å². The molecule has 1 aromatic carbocycles. The molecule has 0 radical (unpaired) electrons. The quantitative estimate of drug-likeness (QED) is 0.656. The van der Waals surface area contributed by atoms with Crippen LogP contribution in [0.3, 0.4) is 0 Å². The summed E-state index contributed by atoms with van der Waals surface area (Å²) >= 11 is 0. The van der Waals surface area contributed by atoms with E-state index in [1.54, 1.807) is 0 Å². The van der Waals surface area contributed by atoms with Gasteiger partial charge in [-0.25, -0.2) is 4.68 Å². The average molecular weight is 435 g/mol. The highest BCUT2D eigenvalue weighted by Crippen LogP contribution is 2.35. The lowest BCUT2D eigenvalue weighted by atomic mass is 9.93. The van der Waals surface area contributed by atoms with Gasteiger partial charge in [0.2, 0.25) is 0 Å². The highest BCUT2D eigenvalue weighted by Gasteiger charge is 2.34. The Morgan fingerprint density at radius 2 is 1.88 bits per heavy atom. The fraction of sp³-hybridized carbons (Fsp3) is 0.600. The molecule has 0 amide bonds. The van der Waals surface area contributed by atoms with Crippen molar-refractivity contribution in [1.82, 2.24) is 30.1 Å². The summed E-state index contributed by atoms with van der Waals surface area (Å²) in [6.45, 7) is 8.36. The lowest BCUT2D eigenvalue weighted by Crippen LogP contribution is -2.41. The van der Waals surface area contributed by atoms with Crippen LogP contribution in [0.2, 0.25) is 0 Å². The number of aromatic nitrogens is 5. The smallest absolute Gasteiger partial charge is 0.253 e. The summed E-state index contributed by atoms with van der Waals surface area (Å²) in [5.41, 5.74) is 3.93. The molecule has 2 unspecified atom stereocenters. The number of nitrogens with one attached hydrogen (secondary N) is 1. The minimum absolute atomic E-state index is 0.0362. The lowest BCUT2D eigenvalue weighted by Gasteiger charge is -2.37. The molecule has 0 spiro atoms. The van der Waals surface area contributed by atoms with Crippen molar-refractivity contribution < 1.29 is 0 Å². The standard InChI is InChI=1S/C25H34N6O/c1-16-8-7-11-30(15-16)23(24-27-28-29-31(24)20-9-5-4-6-10-20)21-14-19-13-17(2)12-18(3)22(19)26-25(21)32/h12-14,16,20,23H,4-11,15H2,1-3H3,(H,26,32). The molecule has 1 saturated heterocycles. The van der Waals surface area contributed by atoms with E-state index in [-0.39, 0.29) is 11.6 Å². The second-order valence-electron chi connectivity index (χ2n) is 10.0. The molecular formula is C25H34N6O. The number of aryl methyl sites for hydroxylation is 2. The van der Waals surface area contributed by atoms with E-state index in [4.69, 9.17) is 0 Å². The summed E-state index contributed by atoms with van der Waals surface area (Å²) in [5.74, 6) is 1.41. The van der Waals surface area contributed by atoms with Crippen LogP contribution in [0.4, 0.5) is 0 Å². The average Bonchev–Trinajstić information content (AvgIpc) is 3.25. The van der Waals surface area contributed by atoms with Crippen molar-refractivity contribution in [3.8, 4) is 0 Å². The number of aromatic amines is 1. The number of H-pyrrole nitrogens is 1. The van der Waals surface area contributed by atoms with E-state index >= 15 is 0 Å². The number of hydrogen-bond donors (Lipinski definition) is 1. The molecule has 2 aromatic heterocycles. The zero-order valence-corrected chi connectivity index (χ0v) is 19.5. The van der Waals surface area contributed by atoms with Gasteiger partial charge in [0.05, 0.1) is 11.6 Å². The summed E-state index contributed by atoms with van der Waals surface area (Å²) < 4.78 is 2.04. The van der Waals surface area contributed by atoms with E-state index < -0.39 is 0 Å². The molecule has 3 aromatic rings. The molecule has 0 bridgehead atoms. The SMILES string of the molecule is Cc1cc(C)c2[nH]c(=O)c(C(c3nnnn3C3CCCCC3)N3CCCC(C)C3)cc2c1. The Morgan fingerprint density at radius 3 is 2.66 bits per heavy atom. The first-order valence-corrected chi connectivity index (χ1v) is 12.2. The summed E-state index contributed by atoms with van der Waals surface area (Å²) in [4.78, 5) is 19.1. The summed E-state index contributed by atoms with van der Waals surface area (Å²) in [6.07, 6.45) is 8.27. The predicted octanol–water partition coefficient (Wildman–Crippen LogP) is 4.46. The van der Waals surface area contributed by atoms with Gasteiger partial charge in [-0.15, -0.1) is 5.10 Å². The maximum absolute atomic E-state index is 13.5. The second-order valence-corrected chi connectivity index (χ2v) is 10.0. The number of fused-ring (bicyclic) bond motifs is 1. The fourth-order valence-corrected chi connectivity index (χ4v) is 5.83. The molecule has 7 nitrogen and oxygen atoms in total. The summed E-state index contributed by atoms with van der Waals surface area (Å²) in [7, 11) is 0. The zero-order chi connectivity index (χ0) is 22.2. The molecule has 3 heterocycles. The molecule has 1 aliphatic carbocycles. The van der Waals surface area contributed by atoms with Crippen molar-refractivity contribution in [2.24, 2.45) is 5.92 Å². The van der Waals surface area contributed by atoms with Crippen molar-refractivity contribution in [2.45, 2.75) is 77.8 Å².